The van der Waals surface area contributed by atoms with Crippen molar-refractivity contribution in [2.45, 2.75) is 40.2 Å². The molecule has 0 aliphatic carbocycles. The number of hydrogen-bond donors (Lipinski definition) is 2. The van der Waals surface area contributed by atoms with Crippen LogP contribution >= 0.6 is 0 Å². The van der Waals surface area contributed by atoms with E-state index in [1.807, 2.05) is 6.92 Å². The first-order chi connectivity index (χ1) is 8.54. The molecule has 0 aromatic heterocycles. The van der Waals surface area contributed by atoms with Crippen molar-refractivity contribution in [3.8, 4) is 0 Å². The van der Waals surface area contributed by atoms with Gasteiger partial charge in [0.2, 0.25) is 5.91 Å². The average molecular weight is 248 g/mol. The minimum atomic E-state index is 0.0526. The molecule has 0 fully saturated rings. The largest absolute Gasteiger partial charge is 0.348 e. The highest BCUT2D eigenvalue weighted by Gasteiger charge is 2.11. The van der Waals surface area contributed by atoms with Crippen LogP contribution in [0.1, 0.15) is 43.0 Å². The molecule has 2 N–H and O–H groups in total. The molecule has 18 heavy (non-hydrogen) atoms. The Bertz CT molecular complexity index is 401. The van der Waals surface area contributed by atoms with E-state index in [-0.39, 0.29) is 11.9 Å². The van der Waals surface area contributed by atoms with Crippen LogP contribution in [0.4, 0.5) is 0 Å². The highest BCUT2D eigenvalue weighted by atomic mass is 16.1. The van der Waals surface area contributed by atoms with E-state index in [0.717, 1.165) is 13.0 Å². The molecule has 0 saturated carbocycles. The maximum Gasteiger partial charge on any atom is 0.234 e. The normalized spacial score (nSPS) is 12.2. The summed E-state index contributed by atoms with van der Waals surface area (Å²) in [6.07, 6.45) is 1.04. The lowest BCUT2D eigenvalue weighted by molar-refractivity contribution is -0.120. The minimum absolute atomic E-state index is 0.0526. The van der Waals surface area contributed by atoms with Crippen molar-refractivity contribution in [3.63, 3.8) is 0 Å². The van der Waals surface area contributed by atoms with Gasteiger partial charge in [0.25, 0.3) is 0 Å². The summed E-state index contributed by atoms with van der Waals surface area (Å²) in [6, 6.07) is 6.39. The molecule has 0 spiro atoms. The van der Waals surface area contributed by atoms with Crippen LogP contribution in [-0.2, 0) is 4.79 Å². The van der Waals surface area contributed by atoms with E-state index in [1.165, 1.54) is 16.7 Å². The predicted molar refractivity (Wildman–Crippen MR) is 75.6 cm³/mol. The molecular formula is C15H24N2O. The Morgan fingerprint density at radius 3 is 2.72 bits per heavy atom. The van der Waals surface area contributed by atoms with Crippen molar-refractivity contribution in [2.24, 2.45) is 0 Å². The van der Waals surface area contributed by atoms with Crippen molar-refractivity contribution in [2.75, 3.05) is 13.1 Å². The van der Waals surface area contributed by atoms with Gasteiger partial charge in [-0.25, -0.2) is 0 Å². The highest BCUT2D eigenvalue weighted by molar-refractivity contribution is 5.78. The van der Waals surface area contributed by atoms with Crippen molar-refractivity contribution in [1.29, 1.82) is 0 Å². The second kappa shape index (κ2) is 7.17. The molecular weight excluding hydrogens is 224 g/mol. The van der Waals surface area contributed by atoms with Crippen molar-refractivity contribution in [1.82, 2.24) is 10.6 Å². The third-order valence-corrected chi connectivity index (χ3v) is 2.99. The molecule has 1 amide bonds. The molecule has 0 heterocycles. The lowest BCUT2D eigenvalue weighted by atomic mass is 10.00. The van der Waals surface area contributed by atoms with Gasteiger partial charge in [0.05, 0.1) is 12.6 Å². The first kappa shape index (κ1) is 14.7. The van der Waals surface area contributed by atoms with Gasteiger partial charge in [0.15, 0.2) is 0 Å². The van der Waals surface area contributed by atoms with E-state index in [2.05, 4.69) is 49.6 Å². The van der Waals surface area contributed by atoms with Crippen molar-refractivity contribution < 1.29 is 4.79 Å². The highest BCUT2D eigenvalue weighted by Crippen LogP contribution is 2.18. The Morgan fingerprint density at radius 2 is 2.06 bits per heavy atom. The van der Waals surface area contributed by atoms with Gasteiger partial charge < -0.3 is 10.6 Å². The summed E-state index contributed by atoms with van der Waals surface area (Å²) in [4.78, 5) is 11.7. The van der Waals surface area contributed by atoms with Gasteiger partial charge in [0, 0.05) is 0 Å². The zero-order valence-electron chi connectivity index (χ0n) is 11.8. The van der Waals surface area contributed by atoms with Gasteiger partial charge in [-0.2, -0.15) is 0 Å². The summed E-state index contributed by atoms with van der Waals surface area (Å²) in [5.74, 6) is 0.0526. The van der Waals surface area contributed by atoms with Crippen LogP contribution in [0.15, 0.2) is 18.2 Å². The maximum atomic E-state index is 11.7. The lowest BCUT2D eigenvalue weighted by Crippen LogP contribution is -2.35. The Balaban J connectivity index is 2.56. The van der Waals surface area contributed by atoms with Crippen LogP contribution in [0.25, 0.3) is 0 Å². The summed E-state index contributed by atoms with van der Waals surface area (Å²) in [5.41, 5.74) is 3.63. The number of hydrogen-bond acceptors (Lipinski definition) is 2. The molecule has 0 aliphatic heterocycles. The summed E-state index contributed by atoms with van der Waals surface area (Å²) < 4.78 is 0. The quantitative estimate of drug-likeness (QED) is 0.759. The number of rotatable bonds is 6. The van der Waals surface area contributed by atoms with Gasteiger partial charge in [0.1, 0.15) is 0 Å². The van der Waals surface area contributed by atoms with Crippen molar-refractivity contribution in [3.05, 3.63) is 34.9 Å². The monoisotopic (exact) mass is 248 g/mol. The number of amides is 1. The van der Waals surface area contributed by atoms with E-state index in [1.54, 1.807) is 0 Å². The Morgan fingerprint density at radius 1 is 1.33 bits per heavy atom. The Labute approximate surface area is 110 Å². The molecule has 3 nitrogen and oxygen atoms in total. The van der Waals surface area contributed by atoms with Gasteiger partial charge >= 0.3 is 0 Å². The fraction of sp³-hybridized carbons (Fsp3) is 0.533. The summed E-state index contributed by atoms with van der Waals surface area (Å²) in [5, 5.41) is 6.13. The molecule has 1 unspecified atom stereocenters. The number of carbonyl (C=O) groups excluding carboxylic acids is 1. The number of benzene rings is 1. The van der Waals surface area contributed by atoms with Crippen LogP contribution in [0.3, 0.4) is 0 Å². The second-order valence-electron chi connectivity index (χ2n) is 4.83. The summed E-state index contributed by atoms with van der Waals surface area (Å²) in [7, 11) is 0. The molecule has 0 bridgehead atoms. The second-order valence-corrected chi connectivity index (χ2v) is 4.83. The lowest BCUT2D eigenvalue weighted by Gasteiger charge is -2.17. The Kier molecular flexibility index (Phi) is 5.86. The van der Waals surface area contributed by atoms with E-state index < -0.39 is 0 Å². The van der Waals surface area contributed by atoms with E-state index in [4.69, 9.17) is 0 Å². The fourth-order valence-corrected chi connectivity index (χ4v) is 1.98. The van der Waals surface area contributed by atoms with Crippen LogP contribution in [0.2, 0.25) is 0 Å². The number of aryl methyl sites for hydroxylation is 2. The van der Waals surface area contributed by atoms with Crippen LogP contribution in [0, 0.1) is 13.8 Å². The van der Waals surface area contributed by atoms with Crippen molar-refractivity contribution >= 4 is 5.91 Å². The van der Waals surface area contributed by atoms with Gasteiger partial charge in [-0.3, -0.25) is 4.79 Å². The molecule has 1 rings (SSSR count). The predicted octanol–water partition coefficient (Wildman–Crippen LogP) is 2.48. The van der Waals surface area contributed by atoms with Gasteiger partial charge in [-0.15, -0.1) is 0 Å². The topological polar surface area (TPSA) is 41.1 Å². The SMILES string of the molecule is CCCNCC(=O)NC(C)c1cc(C)ccc1C. The molecule has 1 aromatic rings. The Hall–Kier alpha value is -1.35. The maximum absolute atomic E-state index is 11.7. The van der Waals surface area contributed by atoms with Crippen LogP contribution < -0.4 is 10.6 Å². The number of nitrogens with one attached hydrogen (secondary N) is 2. The van der Waals surface area contributed by atoms with Gasteiger partial charge in [-0.1, -0.05) is 30.7 Å². The average Bonchev–Trinajstić information content (AvgIpc) is 2.32. The zero-order chi connectivity index (χ0) is 13.5. The molecule has 0 saturated heterocycles. The molecule has 3 heteroatoms. The molecule has 100 valence electrons. The molecule has 1 atom stereocenters. The van der Waals surface area contributed by atoms with Crippen LogP contribution in [-0.4, -0.2) is 19.0 Å². The minimum Gasteiger partial charge on any atom is -0.348 e. The third kappa shape index (κ3) is 4.49. The first-order valence-corrected chi connectivity index (χ1v) is 6.61. The molecule has 0 aliphatic rings. The molecule has 1 aromatic carbocycles. The zero-order valence-corrected chi connectivity index (χ0v) is 11.8. The first-order valence-electron chi connectivity index (χ1n) is 6.61. The van der Waals surface area contributed by atoms with E-state index in [9.17, 15) is 4.79 Å². The standard InChI is InChI=1S/C15H24N2O/c1-5-8-16-10-15(18)17-13(4)14-9-11(2)6-7-12(14)3/h6-7,9,13,16H,5,8,10H2,1-4H3,(H,17,18). The van der Waals surface area contributed by atoms with Gasteiger partial charge in [-0.05, 0) is 44.9 Å². The van der Waals surface area contributed by atoms with E-state index >= 15 is 0 Å². The summed E-state index contributed by atoms with van der Waals surface area (Å²) >= 11 is 0. The van der Waals surface area contributed by atoms with E-state index in [0.29, 0.717) is 6.54 Å². The summed E-state index contributed by atoms with van der Waals surface area (Å²) in [6.45, 7) is 9.53. The number of carbonyl (C=O) groups is 1. The fourth-order valence-electron chi connectivity index (χ4n) is 1.98. The third-order valence-electron chi connectivity index (χ3n) is 2.99. The smallest absolute Gasteiger partial charge is 0.234 e. The molecule has 0 radical (unpaired) electrons. The van der Waals surface area contributed by atoms with Crippen LogP contribution in [0.5, 0.6) is 0 Å².